The number of carbonyl (C=O) groups excluding carboxylic acids is 1. The summed E-state index contributed by atoms with van der Waals surface area (Å²) in [5, 5.41) is 5.71. The van der Waals surface area contributed by atoms with Crippen LogP contribution < -0.4 is 10.6 Å². The normalized spacial score (nSPS) is 10.0. The molecule has 1 aromatic heterocycles. The molecule has 0 aliphatic carbocycles. The Bertz CT molecular complexity index is 327. The highest BCUT2D eigenvalue weighted by atomic mass is 16.1. The fourth-order valence-corrected chi connectivity index (χ4v) is 1.12. The number of hydrogen-bond donors (Lipinski definition) is 2. The Labute approximate surface area is 89.3 Å². The van der Waals surface area contributed by atoms with Crippen LogP contribution in [0.1, 0.15) is 17.9 Å². The molecule has 0 radical (unpaired) electrons. The second-order valence-electron chi connectivity index (χ2n) is 3.23. The van der Waals surface area contributed by atoms with Crippen LogP contribution in [-0.2, 0) is 11.3 Å². The van der Waals surface area contributed by atoms with E-state index in [9.17, 15) is 4.79 Å². The van der Waals surface area contributed by atoms with Gasteiger partial charge in [-0.05, 0) is 20.0 Å². The van der Waals surface area contributed by atoms with E-state index >= 15 is 0 Å². The van der Waals surface area contributed by atoms with Crippen LogP contribution in [0.3, 0.4) is 0 Å². The molecule has 0 saturated carbocycles. The number of aromatic nitrogens is 2. The van der Waals surface area contributed by atoms with Gasteiger partial charge in [-0.1, -0.05) is 0 Å². The molecule has 2 N–H and O–H groups in total. The van der Waals surface area contributed by atoms with E-state index in [-0.39, 0.29) is 5.91 Å². The van der Waals surface area contributed by atoms with Crippen molar-refractivity contribution in [3.8, 4) is 0 Å². The van der Waals surface area contributed by atoms with E-state index in [1.807, 2.05) is 14.0 Å². The van der Waals surface area contributed by atoms with Crippen molar-refractivity contribution in [3.05, 3.63) is 23.8 Å². The Balaban J connectivity index is 2.33. The van der Waals surface area contributed by atoms with E-state index in [1.165, 1.54) is 0 Å². The number of rotatable bonds is 5. The Morgan fingerprint density at radius 1 is 1.53 bits per heavy atom. The minimum absolute atomic E-state index is 0.0283. The van der Waals surface area contributed by atoms with Gasteiger partial charge in [-0.3, -0.25) is 4.79 Å². The van der Waals surface area contributed by atoms with Crippen LogP contribution in [0.2, 0.25) is 0 Å². The molecule has 1 amide bonds. The maximum atomic E-state index is 11.3. The van der Waals surface area contributed by atoms with Crippen molar-refractivity contribution in [3.63, 3.8) is 0 Å². The van der Waals surface area contributed by atoms with Gasteiger partial charge in [-0.25, -0.2) is 9.97 Å². The molecule has 0 fully saturated rings. The van der Waals surface area contributed by atoms with Gasteiger partial charge >= 0.3 is 0 Å². The van der Waals surface area contributed by atoms with Crippen molar-refractivity contribution < 1.29 is 4.79 Å². The highest BCUT2D eigenvalue weighted by Gasteiger charge is 2.01. The van der Waals surface area contributed by atoms with Gasteiger partial charge in [-0.15, -0.1) is 0 Å². The third-order valence-electron chi connectivity index (χ3n) is 1.90. The second kappa shape index (κ2) is 6.08. The van der Waals surface area contributed by atoms with Crippen molar-refractivity contribution in [2.24, 2.45) is 0 Å². The first kappa shape index (κ1) is 11.6. The fourth-order valence-electron chi connectivity index (χ4n) is 1.12. The average molecular weight is 208 g/mol. The minimum Gasteiger partial charge on any atom is -0.350 e. The van der Waals surface area contributed by atoms with Gasteiger partial charge in [0.15, 0.2) is 0 Å². The predicted octanol–water partition coefficient (Wildman–Crippen LogP) is 0.0107. The van der Waals surface area contributed by atoms with Crippen LogP contribution in [0.15, 0.2) is 12.3 Å². The molecule has 5 nitrogen and oxygen atoms in total. The van der Waals surface area contributed by atoms with Gasteiger partial charge in [0.25, 0.3) is 0 Å². The molecule has 15 heavy (non-hydrogen) atoms. The van der Waals surface area contributed by atoms with Gasteiger partial charge < -0.3 is 10.6 Å². The SMILES string of the molecule is CNCCC(=O)NCc1ccnc(C)n1. The molecule has 0 spiro atoms. The number of hydrogen-bond acceptors (Lipinski definition) is 4. The van der Waals surface area contributed by atoms with Gasteiger partial charge in [-0.2, -0.15) is 0 Å². The Morgan fingerprint density at radius 2 is 2.33 bits per heavy atom. The van der Waals surface area contributed by atoms with Crippen LogP contribution in [0.25, 0.3) is 0 Å². The molecule has 0 aromatic carbocycles. The Morgan fingerprint density at radius 3 is 3.00 bits per heavy atom. The molecule has 1 aromatic rings. The van der Waals surface area contributed by atoms with Crippen LogP contribution in [0.5, 0.6) is 0 Å². The zero-order valence-corrected chi connectivity index (χ0v) is 9.08. The maximum absolute atomic E-state index is 11.3. The highest BCUT2D eigenvalue weighted by molar-refractivity contribution is 5.75. The number of nitrogens with one attached hydrogen (secondary N) is 2. The number of aryl methyl sites for hydroxylation is 1. The summed E-state index contributed by atoms with van der Waals surface area (Å²) < 4.78 is 0. The molecule has 1 heterocycles. The summed E-state index contributed by atoms with van der Waals surface area (Å²) in [6.07, 6.45) is 2.18. The van der Waals surface area contributed by atoms with Crippen molar-refractivity contribution in [1.29, 1.82) is 0 Å². The predicted molar refractivity (Wildman–Crippen MR) is 57.2 cm³/mol. The third-order valence-corrected chi connectivity index (χ3v) is 1.90. The summed E-state index contributed by atoms with van der Waals surface area (Å²) in [5.41, 5.74) is 0.834. The third kappa shape index (κ3) is 4.51. The lowest BCUT2D eigenvalue weighted by atomic mass is 10.3. The quantitative estimate of drug-likeness (QED) is 0.715. The summed E-state index contributed by atoms with van der Waals surface area (Å²) in [5.74, 6) is 0.748. The molecule has 0 aliphatic rings. The van der Waals surface area contributed by atoms with Crippen molar-refractivity contribution in [2.75, 3.05) is 13.6 Å². The summed E-state index contributed by atoms with van der Waals surface area (Å²) in [4.78, 5) is 19.4. The molecule has 5 heteroatoms. The molecular formula is C10H16N4O. The topological polar surface area (TPSA) is 66.9 Å². The van der Waals surface area contributed by atoms with Crippen molar-refractivity contribution >= 4 is 5.91 Å². The van der Waals surface area contributed by atoms with E-state index in [0.29, 0.717) is 19.5 Å². The average Bonchev–Trinajstić information content (AvgIpc) is 2.23. The Kier molecular flexibility index (Phi) is 4.70. The standard InChI is InChI=1S/C10H16N4O/c1-8-12-6-3-9(14-8)7-13-10(15)4-5-11-2/h3,6,11H,4-5,7H2,1-2H3,(H,13,15). The molecule has 0 bridgehead atoms. The first-order valence-corrected chi connectivity index (χ1v) is 4.92. The van der Waals surface area contributed by atoms with Gasteiger partial charge in [0.05, 0.1) is 12.2 Å². The summed E-state index contributed by atoms with van der Waals surface area (Å²) in [7, 11) is 1.82. The van der Waals surface area contributed by atoms with Crippen LogP contribution in [0, 0.1) is 6.92 Å². The molecule has 0 unspecified atom stereocenters. The lowest BCUT2D eigenvalue weighted by molar-refractivity contribution is -0.121. The Hall–Kier alpha value is -1.49. The molecule has 0 saturated heterocycles. The minimum atomic E-state index is 0.0283. The number of nitrogens with zero attached hydrogens (tertiary/aromatic N) is 2. The second-order valence-corrected chi connectivity index (χ2v) is 3.23. The lowest BCUT2D eigenvalue weighted by Crippen LogP contribution is -2.26. The van der Waals surface area contributed by atoms with Crippen LogP contribution in [-0.4, -0.2) is 29.5 Å². The van der Waals surface area contributed by atoms with E-state index < -0.39 is 0 Å². The van der Waals surface area contributed by atoms with E-state index in [4.69, 9.17) is 0 Å². The van der Waals surface area contributed by atoms with Gasteiger partial charge in [0.1, 0.15) is 5.82 Å². The van der Waals surface area contributed by atoms with Gasteiger partial charge in [0, 0.05) is 19.2 Å². The summed E-state index contributed by atoms with van der Waals surface area (Å²) in [6, 6.07) is 1.80. The summed E-state index contributed by atoms with van der Waals surface area (Å²) in [6.45, 7) is 2.98. The molecule has 0 atom stereocenters. The largest absolute Gasteiger partial charge is 0.350 e. The molecular weight excluding hydrogens is 192 g/mol. The number of carbonyl (C=O) groups is 1. The van der Waals surface area contributed by atoms with Gasteiger partial charge in [0.2, 0.25) is 5.91 Å². The van der Waals surface area contributed by atoms with E-state index in [0.717, 1.165) is 11.5 Å². The zero-order valence-electron chi connectivity index (χ0n) is 9.08. The van der Waals surface area contributed by atoms with E-state index in [2.05, 4.69) is 20.6 Å². The van der Waals surface area contributed by atoms with E-state index in [1.54, 1.807) is 12.3 Å². The highest BCUT2D eigenvalue weighted by Crippen LogP contribution is 1.93. The maximum Gasteiger partial charge on any atom is 0.221 e. The van der Waals surface area contributed by atoms with Crippen molar-refractivity contribution in [1.82, 2.24) is 20.6 Å². The zero-order chi connectivity index (χ0) is 11.1. The smallest absolute Gasteiger partial charge is 0.221 e. The first-order valence-electron chi connectivity index (χ1n) is 4.92. The molecule has 0 aliphatic heterocycles. The molecule has 1 rings (SSSR count). The van der Waals surface area contributed by atoms with Crippen LogP contribution >= 0.6 is 0 Å². The number of amides is 1. The monoisotopic (exact) mass is 208 g/mol. The van der Waals surface area contributed by atoms with Crippen LogP contribution in [0.4, 0.5) is 0 Å². The lowest BCUT2D eigenvalue weighted by Gasteiger charge is -2.04. The molecule has 82 valence electrons. The first-order chi connectivity index (χ1) is 7.22. The summed E-state index contributed by atoms with van der Waals surface area (Å²) >= 11 is 0. The fraction of sp³-hybridized carbons (Fsp3) is 0.500. The van der Waals surface area contributed by atoms with Crippen molar-refractivity contribution in [2.45, 2.75) is 19.9 Å².